The molecule has 0 saturated heterocycles. The maximum absolute atomic E-state index is 2.47. The third-order valence-electron chi connectivity index (χ3n) is 15.3. The molecule has 334 valence electrons. The van der Waals surface area contributed by atoms with Crippen LogP contribution in [0.4, 0.5) is 0 Å². The summed E-state index contributed by atoms with van der Waals surface area (Å²) in [5.41, 5.74) is 16.8. The fourth-order valence-corrected chi connectivity index (χ4v) is 12.1. The van der Waals surface area contributed by atoms with Crippen LogP contribution in [0.25, 0.3) is 143 Å². The highest BCUT2D eigenvalue weighted by Gasteiger charge is 2.22. The van der Waals surface area contributed by atoms with Gasteiger partial charge in [-0.3, -0.25) is 0 Å². The molecule has 13 aromatic carbocycles. The van der Waals surface area contributed by atoms with Crippen molar-refractivity contribution in [3.05, 3.63) is 267 Å². The maximum Gasteiger partial charge on any atom is 0.0541 e. The Bertz CT molecular complexity index is 4360. The largest absolute Gasteiger partial charge is 0.309 e. The Labute approximate surface area is 416 Å². The molecule has 15 rings (SSSR count). The molecule has 0 aliphatic carbocycles. The van der Waals surface area contributed by atoms with Gasteiger partial charge in [-0.25, -0.2) is 0 Å². The van der Waals surface area contributed by atoms with E-state index in [0.29, 0.717) is 0 Å². The van der Waals surface area contributed by atoms with E-state index >= 15 is 0 Å². The second-order valence-corrected chi connectivity index (χ2v) is 19.2. The molecule has 15 aromatic rings. The summed E-state index contributed by atoms with van der Waals surface area (Å²) in [5.74, 6) is 0. The number of para-hydroxylation sites is 4. The SMILES string of the molecule is c1ccc(-n2c3ccccc3c3cc(-c4ccc5c(-c6cccc7ccccc67)c6cc(-c7ccc8c(c7)c7ccccc7n8-c7ccccc7)ccc6c(-c6cccc7ccccc67)c5c4)ccc32)cc1. The van der Waals surface area contributed by atoms with E-state index in [1.807, 2.05) is 0 Å². The van der Waals surface area contributed by atoms with E-state index in [2.05, 4.69) is 276 Å². The smallest absolute Gasteiger partial charge is 0.0541 e. The average molecular weight is 913 g/mol. The molecule has 0 aliphatic rings. The highest BCUT2D eigenvalue weighted by molar-refractivity contribution is 6.26. The highest BCUT2D eigenvalue weighted by Crippen LogP contribution is 2.49. The summed E-state index contributed by atoms with van der Waals surface area (Å²) in [6.07, 6.45) is 0. The molecule has 0 amide bonds. The van der Waals surface area contributed by atoms with Gasteiger partial charge in [-0.05, 0) is 160 Å². The van der Waals surface area contributed by atoms with E-state index < -0.39 is 0 Å². The second-order valence-electron chi connectivity index (χ2n) is 19.2. The van der Waals surface area contributed by atoms with Gasteiger partial charge in [0, 0.05) is 32.9 Å². The number of rotatable bonds is 6. The number of fused-ring (bicyclic) bond motifs is 10. The Morgan fingerprint density at radius 1 is 0.194 bits per heavy atom. The van der Waals surface area contributed by atoms with Crippen molar-refractivity contribution in [3.8, 4) is 55.9 Å². The van der Waals surface area contributed by atoms with Crippen LogP contribution in [-0.4, -0.2) is 9.13 Å². The molecule has 72 heavy (non-hydrogen) atoms. The number of aromatic nitrogens is 2. The van der Waals surface area contributed by atoms with Crippen LogP contribution in [-0.2, 0) is 0 Å². The Hall–Kier alpha value is -9.50. The van der Waals surface area contributed by atoms with Crippen LogP contribution < -0.4 is 0 Å². The molecule has 2 heterocycles. The molecular weight excluding hydrogens is 869 g/mol. The summed E-state index contributed by atoms with van der Waals surface area (Å²) >= 11 is 0. The molecule has 0 aliphatic heterocycles. The lowest BCUT2D eigenvalue weighted by molar-refractivity contribution is 1.18. The Balaban J connectivity index is 1.02. The first kappa shape index (κ1) is 40.4. The normalized spacial score (nSPS) is 11.9. The molecule has 2 nitrogen and oxygen atoms in total. The predicted molar refractivity (Wildman–Crippen MR) is 307 cm³/mol. The average Bonchev–Trinajstić information content (AvgIpc) is 3.97. The molecule has 2 aromatic heterocycles. The quantitative estimate of drug-likeness (QED) is 0.147. The van der Waals surface area contributed by atoms with Crippen molar-refractivity contribution in [2.75, 3.05) is 0 Å². The van der Waals surface area contributed by atoms with Gasteiger partial charge in [0.25, 0.3) is 0 Å². The maximum atomic E-state index is 2.47. The molecule has 0 atom stereocenters. The van der Waals surface area contributed by atoms with Crippen molar-refractivity contribution in [2.24, 2.45) is 0 Å². The fourth-order valence-electron chi connectivity index (χ4n) is 12.1. The molecule has 0 unspecified atom stereocenters. The zero-order valence-electron chi connectivity index (χ0n) is 39.3. The Kier molecular flexibility index (Phi) is 8.99. The fraction of sp³-hybridized carbons (Fsp3) is 0. The van der Waals surface area contributed by atoms with Gasteiger partial charge < -0.3 is 9.13 Å². The summed E-state index contributed by atoms with van der Waals surface area (Å²) in [4.78, 5) is 0. The molecule has 0 fully saturated rings. The topological polar surface area (TPSA) is 9.86 Å². The predicted octanol–water partition coefficient (Wildman–Crippen LogP) is 19.2. The summed E-state index contributed by atoms with van der Waals surface area (Å²) in [6.45, 7) is 0. The minimum absolute atomic E-state index is 1.16. The molecule has 0 bridgehead atoms. The lowest BCUT2D eigenvalue weighted by Crippen LogP contribution is -1.94. The molecule has 0 spiro atoms. The van der Waals surface area contributed by atoms with Gasteiger partial charge in [0.05, 0.1) is 22.1 Å². The third-order valence-corrected chi connectivity index (χ3v) is 15.3. The van der Waals surface area contributed by atoms with Gasteiger partial charge >= 0.3 is 0 Å². The monoisotopic (exact) mass is 912 g/mol. The van der Waals surface area contributed by atoms with Crippen LogP contribution in [0.2, 0.25) is 0 Å². The number of benzene rings is 13. The van der Waals surface area contributed by atoms with Crippen molar-refractivity contribution in [1.29, 1.82) is 0 Å². The molecule has 2 heteroatoms. The zero-order chi connectivity index (χ0) is 47.3. The molecule has 0 N–H and O–H groups in total. The van der Waals surface area contributed by atoms with E-state index in [0.717, 1.165) is 11.4 Å². The van der Waals surface area contributed by atoms with Gasteiger partial charge in [-0.2, -0.15) is 0 Å². The lowest BCUT2D eigenvalue weighted by atomic mass is 9.82. The van der Waals surface area contributed by atoms with Gasteiger partial charge in [0.1, 0.15) is 0 Å². The second kappa shape index (κ2) is 16.0. The minimum atomic E-state index is 1.16. The standard InChI is InChI=1S/C70H44N2/c1-3-21-51(22-4-1)71-65-31-13-11-27-55(65)61-41-49(35-39-67(61)71)47-33-37-59-63(43-47)69(57-29-15-19-45-17-7-9-25-53(45)57)60-38-34-48(44-64(60)70(59)58-30-16-20-46-18-8-10-26-54(46)58)50-36-40-68-62(42-50)56-28-12-14-32-66(56)72(68)52-23-5-2-6-24-52/h1-44H. The van der Waals surface area contributed by atoms with E-state index in [9.17, 15) is 0 Å². The summed E-state index contributed by atoms with van der Waals surface area (Å²) < 4.78 is 4.79. The first-order chi connectivity index (χ1) is 35.7. The summed E-state index contributed by atoms with van der Waals surface area (Å²) in [7, 11) is 0. The van der Waals surface area contributed by atoms with E-state index in [1.54, 1.807) is 0 Å². The minimum Gasteiger partial charge on any atom is -0.309 e. The van der Waals surface area contributed by atoms with Crippen LogP contribution >= 0.6 is 0 Å². The summed E-state index contributed by atoms with van der Waals surface area (Å²) in [5, 5.41) is 14.8. The molecule has 0 saturated carbocycles. The van der Waals surface area contributed by atoms with Gasteiger partial charge in [0.2, 0.25) is 0 Å². The summed E-state index contributed by atoms with van der Waals surface area (Å²) in [6, 6.07) is 98.9. The Morgan fingerprint density at radius 3 is 0.972 bits per heavy atom. The van der Waals surface area contributed by atoms with Crippen LogP contribution in [0.1, 0.15) is 0 Å². The van der Waals surface area contributed by atoms with Crippen molar-refractivity contribution in [1.82, 2.24) is 9.13 Å². The highest BCUT2D eigenvalue weighted by atomic mass is 15.0. The van der Waals surface area contributed by atoms with Crippen LogP contribution in [0, 0.1) is 0 Å². The molecule has 0 radical (unpaired) electrons. The number of hydrogen-bond donors (Lipinski definition) is 0. The Morgan fingerprint density at radius 2 is 0.528 bits per heavy atom. The first-order valence-corrected chi connectivity index (χ1v) is 24.9. The van der Waals surface area contributed by atoms with Crippen molar-refractivity contribution >= 4 is 86.7 Å². The number of nitrogens with zero attached hydrogens (tertiary/aromatic N) is 2. The van der Waals surface area contributed by atoms with Gasteiger partial charge in [0.15, 0.2) is 0 Å². The lowest BCUT2D eigenvalue weighted by Gasteiger charge is -2.21. The number of hydrogen-bond acceptors (Lipinski definition) is 0. The van der Waals surface area contributed by atoms with Gasteiger partial charge in [-0.1, -0.05) is 194 Å². The van der Waals surface area contributed by atoms with Crippen molar-refractivity contribution in [2.45, 2.75) is 0 Å². The van der Waals surface area contributed by atoms with E-state index in [1.165, 1.54) is 131 Å². The van der Waals surface area contributed by atoms with Crippen LogP contribution in [0.15, 0.2) is 267 Å². The van der Waals surface area contributed by atoms with E-state index in [-0.39, 0.29) is 0 Å². The van der Waals surface area contributed by atoms with E-state index in [4.69, 9.17) is 0 Å². The van der Waals surface area contributed by atoms with Crippen LogP contribution in [0.3, 0.4) is 0 Å². The van der Waals surface area contributed by atoms with Crippen molar-refractivity contribution in [3.63, 3.8) is 0 Å². The van der Waals surface area contributed by atoms with Crippen LogP contribution in [0.5, 0.6) is 0 Å². The first-order valence-electron chi connectivity index (χ1n) is 24.9. The zero-order valence-corrected chi connectivity index (χ0v) is 39.3. The third kappa shape index (κ3) is 6.16. The van der Waals surface area contributed by atoms with Gasteiger partial charge in [-0.15, -0.1) is 0 Å². The molecular formula is C70H44N2. The van der Waals surface area contributed by atoms with Crippen molar-refractivity contribution < 1.29 is 0 Å².